The first kappa shape index (κ1) is 15.7. The van der Waals surface area contributed by atoms with Gasteiger partial charge in [0.05, 0.1) is 6.54 Å². The van der Waals surface area contributed by atoms with Crippen LogP contribution >= 0.6 is 0 Å². The van der Waals surface area contributed by atoms with Crippen LogP contribution in [0.25, 0.3) is 0 Å². The van der Waals surface area contributed by atoms with Gasteiger partial charge in [-0.2, -0.15) is 0 Å². The number of hydrogen-bond donors (Lipinski definition) is 2. The van der Waals surface area contributed by atoms with Crippen LogP contribution in [0, 0.1) is 6.92 Å². The average molecular weight is 297 g/mol. The molecule has 2 N–H and O–H groups in total. The zero-order valence-electron chi connectivity index (χ0n) is 12.5. The van der Waals surface area contributed by atoms with Crippen LogP contribution in [-0.2, 0) is 11.2 Å². The smallest absolute Gasteiger partial charge is 0.251 e. The van der Waals surface area contributed by atoms with Crippen molar-refractivity contribution >= 4 is 11.8 Å². The molecule has 0 bridgehead atoms. The zero-order valence-corrected chi connectivity index (χ0v) is 12.5. The Morgan fingerprint density at radius 2 is 1.86 bits per heavy atom. The Labute approximate surface area is 129 Å². The maximum Gasteiger partial charge on any atom is 0.251 e. The summed E-state index contributed by atoms with van der Waals surface area (Å²) in [7, 11) is 0. The number of carbonyl (C=O) groups is 2. The van der Waals surface area contributed by atoms with Gasteiger partial charge in [-0.25, -0.2) is 0 Å². The molecule has 0 atom stereocenters. The van der Waals surface area contributed by atoms with Crippen LogP contribution in [0.5, 0.6) is 0 Å². The van der Waals surface area contributed by atoms with E-state index in [1.807, 2.05) is 31.2 Å². The first-order chi connectivity index (χ1) is 10.6. The lowest BCUT2D eigenvalue weighted by Crippen LogP contribution is -2.37. The van der Waals surface area contributed by atoms with E-state index in [0.717, 1.165) is 17.5 Å². The summed E-state index contributed by atoms with van der Waals surface area (Å²) in [5.74, 6) is -0.442. The molecule has 0 aliphatic heterocycles. The van der Waals surface area contributed by atoms with E-state index in [2.05, 4.69) is 15.6 Å². The molecule has 0 saturated carbocycles. The van der Waals surface area contributed by atoms with Crippen molar-refractivity contribution in [2.75, 3.05) is 13.1 Å². The summed E-state index contributed by atoms with van der Waals surface area (Å²) in [6.07, 6.45) is 4.18. The number of benzene rings is 1. The Morgan fingerprint density at radius 3 is 2.59 bits per heavy atom. The second-order valence-corrected chi connectivity index (χ2v) is 5.01. The molecule has 2 rings (SSSR count). The van der Waals surface area contributed by atoms with Crippen molar-refractivity contribution in [1.29, 1.82) is 0 Å². The van der Waals surface area contributed by atoms with E-state index < -0.39 is 0 Å². The second-order valence-electron chi connectivity index (χ2n) is 5.01. The maximum absolute atomic E-state index is 11.9. The number of carbonyl (C=O) groups excluding carboxylic acids is 2. The van der Waals surface area contributed by atoms with E-state index in [4.69, 9.17) is 0 Å². The molecule has 2 amide bonds. The van der Waals surface area contributed by atoms with Crippen LogP contribution in [0.2, 0.25) is 0 Å². The van der Waals surface area contributed by atoms with Crippen molar-refractivity contribution in [1.82, 2.24) is 15.6 Å². The zero-order chi connectivity index (χ0) is 15.8. The van der Waals surface area contributed by atoms with Crippen LogP contribution < -0.4 is 10.6 Å². The summed E-state index contributed by atoms with van der Waals surface area (Å²) in [5.41, 5.74) is 2.68. The summed E-state index contributed by atoms with van der Waals surface area (Å²) >= 11 is 0. The van der Waals surface area contributed by atoms with Gasteiger partial charge in [0, 0.05) is 24.5 Å². The van der Waals surface area contributed by atoms with Gasteiger partial charge in [-0.1, -0.05) is 17.7 Å². The summed E-state index contributed by atoms with van der Waals surface area (Å²) in [6.45, 7) is 2.43. The fourth-order valence-electron chi connectivity index (χ4n) is 2.01. The second kappa shape index (κ2) is 7.93. The van der Waals surface area contributed by atoms with E-state index in [0.29, 0.717) is 12.1 Å². The first-order valence-electron chi connectivity index (χ1n) is 7.15. The van der Waals surface area contributed by atoms with Gasteiger partial charge in [-0.15, -0.1) is 0 Å². The van der Waals surface area contributed by atoms with E-state index in [-0.39, 0.29) is 18.4 Å². The normalized spacial score (nSPS) is 10.0. The number of aryl methyl sites for hydroxylation is 1. The Balaban J connectivity index is 1.70. The lowest BCUT2D eigenvalue weighted by atomic mass is 10.1. The van der Waals surface area contributed by atoms with Crippen molar-refractivity contribution in [3.8, 4) is 0 Å². The largest absolute Gasteiger partial charge is 0.354 e. The minimum Gasteiger partial charge on any atom is -0.354 e. The van der Waals surface area contributed by atoms with Crippen LogP contribution in [0.4, 0.5) is 0 Å². The summed E-state index contributed by atoms with van der Waals surface area (Å²) in [4.78, 5) is 27.5. The lowest BCUT2D eigenvalue weighted by Gasteiger charge is -2.07. The monoisotopic (exact) mass is 297 g/mol. The molecule has 1 aromatic carbocycles. The highest BCUT2D eigenvalue weighted by molar-refractivity contribution is 5.96. The van der Waals surface area contributed by atoms with E-state index in [9.17, 15) is 9.59 Å². The van der Waals surface area contributed by atoms with Crippen molar-refractivity contribution in [3.63, 3.8) is 0 Å². The van der Waals surface area contributed by atoms with Gasteiger partial charge < -0.3 is 10.6 Å². The molecule has 0 aliphatic carbocycles. The van der Waals surface area contributed by atoms with Crippen LogP contribution in [-0.4, -0.2) is 29.9 Å². The highest BCUT2D eigenvalue weighted by Crippen LogP contribution is 2.03. The molecule has 5 nitrogen and oxygen atoms in total. The van der Waals surface area contributed by atoms with Gasteiger partial charge in [0.1, 0.15) is 0 Å². The van der Waals surface area contributed by atoms with Gasteiger partial charge in [-0.3, -0.25) is 14.6 Å². The average Bonchev–Trinajstić information content (AvgIpc) is 2.53. The quantitative estimate of drug-likeness (QED) is 0.848. The molecule has 1 heterocycles. The van der Waals surface area contributed by atoms with Crippen LogP contribution in [0.15, 0.2) is 48.8 Å². The number of rotatable bonds is 6. The fraction of sp³-hybridized carbons (Fsp3) is 0.235. The Morgan fingerprint density at radius 1 is 1.09 bits per heavy atom. The molecule has 1 aromatic heterocycles. The predicted octanol–water partition coefficient (Wildman–Crippen LogP) is 1.48. The number of hydrogen-bond acceptors (Lipinski definition) is 3. The van der Waals surface area contributed by atoms with Crippen molar-refractivity contribution in [3.05, 3.63) is 65.5 Å². The molecule has 5 heteroatoms. The van der Waals surface area contributed by atoms with Gasteiger partial charge >= 0.3 is 0 Å². The van der Waals surface area contributed by atoms with E-state index in [1.165, 1.54) is 0 Å². The van der Waals surface area contributed by atoms with E-state index >= 15 is 0 Å². The minimum atomic E-state index is -0.243. The Hall–Kier alpha value is -2.69. The molecular weight excluding hydrogens is 278 g/mol. The number of pyridine rings is 1. The van der Waals surface area contributed by atoms with Gasteiger partial charge in [-0.05, 0) is 43.2 Å². The number of amides is 2. The third-order valence-electron chi connectivity index (χ3n) is 3.17. The predicted molar refractivity (Wildman–Crippen MR) is 84.5 cm³/mol. The van der Waals surface area contributed by atoms with Crippen LogP contribution in [0.1, 0.15) is 21.5 Å². The Kier molecular flexibility index (Phi) is 5.65. The minimum absolute atomic E-state index is 0.0247. The van der Waals surface area contributed by atoms with Crippen molar-refractivity contribution in [2.24, 2.45) is 0 Å². The summed E-state index contributed by atoms with van der Waals surface area (Å²) < 4.78 is 0. The first-order valence-corrected chi connectivity index (χ1v) is 7.15. The fourth-order valence-corrected chi connectivity index (χ4v) is 2.01. The molecule has 0 aliphatic rings. The summed E-state index contributed by atoms with van der Waals surface area (Å²) in [5, 5.41) is 5.39. The molecular formula is C17H19N3O2. The molecule has 22 heavy (non-hydrogen) atoms. The topological polar surface area (TPSA) is 71.1 Å². The van der Waals surface area contributed by atoms with Crippen LogP contribution in [0.3, 0.4) is 0 Å². The van der Waals surface area contributed by atoms with Crippen molar-refractivity contribution < 1.29 is 9.59 Å². The molecule has 0 unspecified atom stereocenters. The molecule has 114 valence electrons. The van der Waals surface area contributed by atoms with Crippen molar-refractivity contribution in [2.45, 2.75) is 13.3 Å². The number of nitrogens with zero attached hydrogens (tertiary/aromatic N) is 1. The van der Waals surface area contributed by atoms with E-state index in [1.54, 1.807) is 24.5 Å². The third-order valence-corrected chi connectivity index (χ3v) is 3.17. The third kappa shape index (κ3) is 5.01. The maximum atomic E-state index is 11.9. The SMILES string of the molecule is Cc1cccc(C(=O)NCC(=O)NCCc2ccncc2)c1. The number of nitrogens with one attached hydrogen (secondary N) is 2. The van der Waals surface area contributed by atoms with Gasteiger partial charge in [0.25, 0.3) is 5.91 Å². The highest BCUT2D eigenvalue weighted by Gasteiger charge is 2.07. The van der Waals surface area contributed by atoms with Gasteiger partial charge in [0.2, 0.25) is 5.91 Å². The molecule has 2 aromatic rings. The Bertz CT molecular complexity index is 641. The number of aromatic nitrogens is 1. The molecule has 0 fully saturated rings. The molecule has 0 spiro atoms. The highest BCUT2D eigenvalue weighted by atomic mass is 16.2. The molecule has 0 saturated heterocycles. The summed E-state index contributed by atoms with van der Waals surface area (Å²) in [6, 6.07) is 11.1. The molecule has 0 radical (unpaired) electrons. The standard InChI is InChI=1S/C17H19N3O2/c1-13-3-2-4-15(11-13)17(22)20-12-16(21)19-10-7-14-5-8-18-9-6-14/h2-6,8-9,11H,7,10,12H2,1H3,(H,19,21)(H,20,22). The lowest BCUT2D eigenvalue weighted by molar-refractivity contribution is -0.120. The van der Waals surface area contributed by atoms with Gasteiger partial charge in [0.15, 0.2) is 0 Å².